The van der Waals surface area contributed by atoms with Gasteiger partial charge in [0.1, 0.15) is 0 Å². The molecule has 0 aliphatic heterocycles. The van der Waals surface area contributed by atoms with Gasteiger partial charge < -0.3 is 5.32 Å². The smallest absolute Gasteiger partial charge is 0.253 e. The van der Waals surface area contributed by atoms with Gasteiger partial charge in [-0.05, 0) is 12.1 Å². The van der Waals surface area contributed by atoms with Gasteiger partial charge in [0, 0.05) is 5.56 Å². The first-order chi connectivity index (χ1) is 6.24. The first-order valence-corrected chi connectivity index (χ1v) is 3.69. The fourth-order valence-electron chi connectivity index (χ4n) is 0.832. The predicted molar refractivity (Wildman–Crippen MR) is 44.9 cm³/mol. The number of halogens is 1. The minimum Gasteiger partial charge on any atom is -0.316 e. The molecule has 1 N–H and O–H groups in total. The van der Waals surface area contributed by atoms with Gasteiger partial charge in [-0.25, -0.2) is 4.39 Å². The molecular formula is C9H8FNO2. The molecule has 1 amide bonds. The third kappa shape index (κ3) is 2.66. The number of aldehydes is 1. The Labute approximate surface area is 74.6 Å². The molecule has 0 heterocycles. The first-order valence-electron chi connectivity index (χ1n) is 3.69. The van der Waals surface area contributed by atoms with Crippen molar-refractivity contribution in [3.05, 3.63) is 35.9 Å². The number of hydrogen-bond acceptors (Lipinski definition) is 2. The van der Waals surface area contributed by atoms with Gasteiger partial charge in [-0.15, -0.1) is 0 Å². The average molecular weight is 181 g/mol. The standard InChI is InChI=1S/C9H8FNO2/c10-8(6-12)11-9(13)7-4-2-1-3-5-7/h1-6,8H,(H,11,13). The number of carbonyl (C=O) groups excluding carboxylic acids is 2. The molecule has 68 valence electrons. The Morgan fingerprint density at radius 3 is 2.54 bits per heavy atom. The van der Waals surface area contributed by atoms with Gasteiger partial charge in [-0.1, -0.05) is 18.2 Å². The molecular weight excluding hydrogens is 173 g/mol. The van der Waals surface area contributed by atoms with Crippen molar-refractivity contribution in [2.45, 2.75) is 6.30 Å². The molecule has 1 aromatic rings. The maximum absolute atomic E-state index is 12.4. The van der Waals surface area contributed by atoms with E-state index in [4.69, 9.17) is 0 Å². The highest BCUT2D eigenvalue weighted by Crippen LogP contribution is 1.98. The Morgan fingerprint density at radius 1 is 1.38 bits per heavy atom. The van der Waals surface area contributed by atoms with E-state index >= 15 is 0 Å². The molecule has 0 aliphatic carbocycles. The highest BCUT2D eigenvalue weighted by Gasteiger charge is 2.09. The maximum Gasteiger partial charge on any atom is 0.253 e. The van der Waals surface area contributed by atoms with Crippen LogP contribution in [0.5, 0.6) is 0 Å². The fourth-order valence-corrected chi connectivity index (χ4v) is 0.832. The minimum atomic E-state index is -1.94. The summed E-state index contributed by atoms with van der Waals surface area (Å²) in [5.74, 6) is -0.597. The summed E-state index contributed by atoms with van der Waals surface area (Å²) in [5.41, 5.74) is 0.326. The van der Waals surface area contributed by atoms with Gasteiger partial charge in [0.05, 0.1) is 0 Å². The van der Waals surface area contributed by atoms with Crippen molar-refractivity contribution >= 4 is 12.2 Å². The van der Waals surface area contributed by atoms with Crippen molar-refractivity contribution in [3.63, 3.8) is 0 Å². The molecule has 0 bridgehead atoms. The monoisotopic (exact) mass is 181 g/mol. The maximum atomic E-state index is 12.4. The van der Waals surface area contributed by atoms with E-state index in [1.165, 1.54) is 12.1 Å². The SMILES string of the molecule is O=CC(F)NC(=O)c1ccccc1. The summed E-state index contributed by atoms with van der Waals surface area (Å²) in [7, 11) is 0. The first kappa shape index (κ1) is 9.38. The lowest BCUT2D eigenvalue weighted by molar-refractivity contribution is -0.112. The Kier molecular flexibility index (Phi) is 3.14. The molecule has 1 unspecified atom stereocenters. The zero-order chi connectivity index (χ0) is 9.68. The van der Waals surface area contributed by atoms with Gasteiger partial charge in [0.2, 0.25) is 6.30 Å². The van der Waals surface area contributed by atoms with Crippen LogP contribution in [0.4, 0.5) is 4.39 Å². The van der Waals surface area contributed by atoms with E-state index in [-0.39, 0.29) is 6.29 Å². The van der Waals surface area contributed by atoms with Crippen LogP contribution in [0.2, 0.25) is 0 Å². The number of hydrogen-bond donors (Lipinski definition) is 1. The van der Waals surface area contributed by atoms with Gasteiger partial charge in [0.15, 0.2) is 6.29 Å². The topological polar surface area (TPSA) is 46.2 Å². The van der Waals surface area contributed by atoms with Crippen molar-refractivity contribution in [2.24, 2.45) is 0 Å². The van der Waals surface area contributed by atoms with Gasteiger partial charge in [0.25, 0.3) is 5.91 Å². The van der Waals surface area contributed by atoms with Crippen LogP contribution in [0.15, 0.2) is 30.3 Å². The Bertz CT molecular complexity index is 300. The van der Waals surface area contributed by atoms with Crippen LogP contribution in [0.25, 0.3) is 0 Å². The van der Waals surface area contributed by atoms with Crippen LogP contribution in [0.1, 0.15) is 10.4 Å². The molecule has 0 spiro atoms. The lowest BCUT2D eigenvalue weighted by Crippen LogP contribution is -2.32. The van der Waals surface area contributed by atoms with Crippen LogP contribution in [0, 0.1) is 0 Å². The van der Waals surface area contributed by atoms with Crippen molar-refractivity contribution in [2.75, 3.05) is 0 Å². The zero-order valence-electron chi connectivity index (χ0n) is 6.74. The second kappa shape index (κ2) is 4.35. The molecule has 0 saturated heterocycles. The molecule has 4 heteroatoms. The van der Waals surface area contributed by atoms with Gasteiger partial charge >= 0.3 is 0 Å². The predicted octanol–water partition coefficient (Wildman–Crippen LogP) is 0.911. The van der Waals surface area contributed by atoms with Crippen LogP contribution in [-0.4, -0.2) is 18.5 Å². The van der Waals surface area contributed by atoms with E-state index in [9.17, 15) is 14.0 Å². The van der Waals surface area contributed by atoms with Crippen molar-refractivity contribution in [1.82, 2.24) is 5.32 Å². The molecule has 0 aromatic heterocycles. The number of rotatable bonds is 3. The molecule has 1 rings (SSSR count). The normalized spacial score (nSPS) is 11.8. The van der Waals surface area contributed by atoms with Gasteiger partial charge in [-0.2, -0.15) is 0 Å². The third-order valence-electron chi connectivity index (χ3n) is 1.42. The van der Waals surface area contributed by atoms with Crippen molar-refractivity contribution < 1.29 is 14.0 Å². The lowest BCUT2D eigenvalue weighted by Gasteiger charge is -2.03. The summed E-state index contributed by atoms with van der Waals surface area (Å²) >= 11 is 0. The number of nitrogens with one attached hydrogen (secondary N) is 1. The fraction of sp³-hybridized carbons (Fsp3) is 0.111. The molecule has 0 fully saturated rings. The van der Waals surface area contributed by atoms with E-state index < -0.39 is 12.2 Å². The van der Waals surface area contributed by atoms with E-state index in [0.717, 1.165) is 0 Å². The molecule has 3 nitrogen and oxygen atoms in total. The zero-order valence-corrected chi connectivity index (χ0v) is 6.74. The minimum absolute atomic E-state index is 0.0286. The van der Waals surface area contributed by atoms with E-state index in [1.807, 2.05) is 5.32 Å². The largest absolute Gasteiger partial charge is 0.316 e. The number of alkyl halides is 1. The number of amides is 1. The van der Waals surface area contributed by atoms with Gasteiger partial charge in [-0.3, -0.25) is 9.59 Å². The molecule has 0 saturated carbocycles. The highest BCUT2D eigenvalue weighted by molar-refractivity contribution is 5.95. The van der Waals surface area contributed by atoms with E-state index in [2.05, 4.69) is 0 Å². The van der Waals surface area contributed by atoms with E-state index in [1.54, 1.807) is 18.2 Å². The average Bonchev–Trinajstić information content (AvgIpc) is 2.19. The molecule has 0 aliphatic rings. The van der Waals surface area contributed by atoms with Crippen LogP contribution in [-0.2, 0) is 4.79 Å². The lowest BCUT2D eigenvalue weighted by atomic mass is 10.2. The quantitative estimate of drug-likeness (QED) is 0.556. The molecule has 1 aromatic carbocycles. The van der Waals surface area contributed by atoms with Crippen LogP contribution >= 0.6 is 0 Å². The summed E-state index contributed by atoms with van der Waals surface area (Å²) in [6.45, 7) is 0. The van der Waals surface area contributed by atoms with Crippen molar-refractivity contribution in [1.29, 1.82) is 0 Å². The second-order valence-corrected chi connectivity index (χ2v) is 2.38. The third-order valence-corrected chi connectivity index (χ3v) is 1.42. The Balaban J connectivity index is 2.64. The summed E-state index contributed by atoms with van der Waals surface area (Å²) in [4.78, 5) is 21.0. The highest BCUT2D eigenvalue weighted by atomic mass is 19.1. The van der Waals surface area contributed by atoms with E-state index in [0.29, 0.717) is 5.56 Å². The molecule has 0 radical (unpaired) electrons. The number of carbonyl (C=O) groups is 2. The summed E-state index contributed by atoms with van der Waals surface area (Å²) in [6.07, 6.45) is -1.91. The summed E-state index contributed by atoms with van der Waals surface area (Å²) in [5, 5.41) is 1.87. The second-order valence-electron chi connectivity index (χ2n) is 2.38. The van der Waals surface area contributed by atoms with Crippen LogP contribution < -0.4 is 5.32 Å². The summed E-state index contributed by atoms with van der Waals surface area (Å²) in [6, 6.07) is 8.12. The Morgan fingerprint density at radius 2 is 2.00 bits per heavy atom. The summed E-state index contributed by atoms with van der Waals surface area (Å²) < 4.78 is 12.4. The van der Waals surface area contributed by atoms with Crippen molar-refractivity contribution in [3.8, 4) is 0 Å². The molecule has 1 atom stereocenters. The molecule has 13 heavy (non-hydrogen) atoms. The van der Waals surface area contributed by atoms with Crippen LogP contribution in [0.3, 0.4) is 0 Å². The number of benzene rings is 1. The Hall–Kier alpha value is -1.71.